The summed E-state index contributed by atoms with van der Waals surface area (Å²) in [5.41, 5.74) is 2.42. The van der Waals surface area contributed by atoms with Crippen LogP contribution in [-0.4, -0.2) is 31.1 Å². The molecular weight excluding hydrogens is 240 g/mol. The van der Waals surface area contributed by atoms with Crippen LogP contribution in [0.5, 0.6) is 0 Å². The number of nitrogens with zero attached hydrogens (tertiary/aromatic N) is 5. The molecule has 0 amide bonds. The van der Waals surface area contributed by atoms with Crippen LogP contribution in [0, 0.1) is 12.8 Å². The monoisotopic (exact) mass is 262 g/mol. The minimum absolute atomic E-state index is 0.659. The van der Waals surface area contributed by atoms with Crippen molar-refractivity contribution >= 4 is 0 Å². The number of rotatable bonds is 6. The summed E-state index contributed by atoms with van der Waals surface area (Å²) in [4.78, 5) is 4.22. The molecule has 0 bridgehead atoms. The Kier molecular flexibility index (Phi) is 4.31. The first-order chi connectivity index (χ1) is 9.08. The van der Waals surface area contributed by atoms with Crippen molar-refractivity contribution in [3.05, 3.63) is 29.6 Å². The fourth-order valence-electron chi connectivity index (χ4n) is 1.91. The third-order valence-electron chi connectivity index (χ3n) is 3.17. The van der Waals surface area contributed by atoms with Gasteiger partial charge in [-0.05, 0) is 19.4 Å². The zero-order valence-electron chi connectivity index (χ0n) is 12.1. The van der Waals surface area contributed by atoms with E-state index in [2.05, 4.69) is 41.3 Å². The van der Waals surface area contributed by atoms with Crippen molar-refractivity contribution in [1.82, 2.24) is 29.9 Å². The zero-order chi connectivity index (χ0) is 13.8. The van der Waals surface area contributed by atoms with Crippen LogP contribution in [0.1, 0.15) is 30.9 Å². The molecule has 2 rings (SSSR count). The molecule has 6 nitrogen and oxygen atoms in total. The van der Waals surface area contributed by atoms with E-state index in [1.807, 2.05) is 17.9 Å². The van der Waals surface area contributed by atoms with Crippen molar-refractivity contribution in [2.24, 2.45) is 13.0 Å². The van der Waals surface area contributed by atoms with Crippen molar-refractivity contribution in [3.63, 3.8) is 0 Å². The molecule has 0 aliphatic rings. The second-order valence-electron chi connectivity index (χ2n) is 5.24. The van der Waals surface area contributed by atoms with E-state index in [0.717, 1.165) is 18.9 Å². The van der Waals surface area contributed by atoms with Crippen molar-refractivity contribution in [2.45, 2.75) is 33.9 Å². The van der Waals surface area contributed by atoms with Gasteiger partial charge >= 0.3 is 0 Å². The third-order valence-corrected chi connectivity index (χ3v) is 3.17. The molecule has 0 aliphatic heterocycles. The molecule has 0 unspecified atom stereocenters. The van der Waals surface area contributed by atoms with Crippen LogP contribution in [0.3, 0.4) is 0 Å². The molecule has 2 aromatic heterocycles. The molecule has 0 fully saturated rings. The Hall–Kier alpha value is -1.69. The molecule has 6 heteroatoms. The lowest BCUT2D eigenvalue weighted by atomic mass is 10.2. The summed E-state index contributed by atoms with van der Waals surface area (Å²) in [6.45, 7) is 9.05. The first kappa shape index (κ1) is 13.7. The van der Waals surface area contributed by atoms with Gasteiger partial charge in [-0.25, -0.2) is 4.98 Å². The Labute approximate surface area is 113 Å². The highest BCUT2D eigenvalue weighted by Crippen LogP contribution is 2.08. The molecule has 2 heterocycles. The predicted molar refractivity (Wildman–Crippen MR) is 73.6 cm³/mol. The quantitative estimate of drug-likeness (QED) is 0.847. The van der Waals surface area contributed by atoms with Gasteiger partial charge in [-0.3, -0.25) is 9.36 Å². The van der Waals surface area contributed by atoms with Gasteiger partial charge in [0.2, 0.25) is 0 Å². The summed E-state index contributed by atoms with van der Waals surface area (Å²) in [5.74, 6) is 1.57. The lowest BCUT2D eigenvalue weighted by Crippen LogP contribution is -2.19. The molecule has 0 radical (unpaired) electrons. The van der Waals surface area contributed by atoms with E-state index in [9.17, 15) is 0 Å². The molecule has 2 aromatic rings. The number of hydrogen-bond acceptors (Lipinski definition) is 4. The highest BCUT2D eigenvalue weighted by Gasteiger charge is 2.09. The van der Waals surface area contributed by atoms with E-state index < -0.39 is 0 Å². The molecule has 1 N–H and O–H groups in total. The van der Waals surface area contributed by atoms with Crippen LogP contribution < -0.4 is 5.32 Å². The van der Waals surface area contributed by atoms with Crippen LogP contribution in [0.2, 0.25) is 0 Å². The lowest BCUT2D eigenvalue weighted by Gasteiger charge is -2.08. The summed E-state index contributed by atoms with van der Waals surface area (Å²) < 4.78 is 3.74. The molecule has 0 saturated carbocycles. The Morgan fingerprint density at radius 2 is 2.11 bits per heavy atom. The minimum atomic E-state index is 0.659. The average Bonchev–Trinajstić information content (AvgIpc) is 2.90. The maximum absolute atomic E-state index is 4.43. The Bertz CT molecular complexity index is 525. The van der Waals surface area contributed by atoms with Gasteiger partial charge in [0.15, 0.2) is 0 Å². The van der Waals surface area contributed by atoms with Gasteiger partial charge < -0.3 is 5.32 Å². The standard InChI is InChI=1S/C13H22N6/c1-10(2)5-14-6-12-7-16-19(11(12)3)8-13-15-9-17-18(13)4/h7,9-10,14H,5-6,8H2,1-4H3. The van der Waals surface area contributed by atoms with Gasteiger partial charge in [0.05, 0.1) is 6.20 Å². The van der Waals surface area contributed by atoms with Crippen molar-refractivity contribution in [3.8, 4) is 0 Å². The van der Waals surface area contributed by atoms with Crippen LogP contribution in [-0.2, 0) is 20.1 Å². The van der Waals surface area contributed by atoms with Gasteiger partial charge in [0.1, 0.15) is 18.7 Å². The smallest absolute Gasteiger partial charge is 0.148 e. The second kappa shape index (κ2) is 5.97. The first-order valence-corrected chi connectivity index (χ1v) is 6.62. The summed E-state index contributed by atoms with van der Waals surface area (Å²) in [6, 6.07) is 0. The van der Waals surface area contributed by atoms with Crippen molar-refractivity contribution in [2.75, 3.05) is 6.54 Å². The summed E-state index contributed by atoms with van der Waals surface area (Å²) >= 11 is 0. The molecule has 0 aliphatic carbocycles. The van der Waals surface area contributed by atoms with Crippen LogP contribution >= 0.6 is 0 Å². The van der Waals surface area contributed by atoms with E-state index in [1.54, 1.807) is 11.0 Å². The Morgan fingerprint density at radius 1 is 1.32 bits per heavy atom. The van der Waals surface area contributed by atoms with E-state index >= 15 is 0 Å². The van der Waals surface area contributed by atoms with Crippen LogP contribution in [0.15, 0.2) is 12.5 Å². The fraction of sp³-hybridized carbons (Fsp3) is 0.615. The molecular formula is C13H22N6. The average molecular weight is 262 g/mol. The van der Waals surface area contributed by atoms with Gasteiger partial charge in [-0.1, -0.05) is 13.8 Å². The summed E-state index contributed by atoms with van der Waals surface area (Å²) in [5, 5.41) is 11.9. The minimum Gasteiger partial charge on any atom is -0.312 e. The van der Waals surface area contributed by atoms with Crippen molar-refractivity contribution in [1.29, 1.82) is 0 Å². The number of aromatic nitrogens is 5. The van der Waals surface area contributed by atoms with Crippen molar-refractivity contribution < 1.29 is 0 Å². The van der Waals surface area contributed by atoms with Crippen LogP contribution in [0.4, 0.5) is 0 Å². The summed E-state index contributed by atoms with van der Waals surface area (Å²) in [7, 11) is 1.90. The van der Waals surface area contributed by atoms with Gasteiger partial charge in [0, 0.05) is 24.8 Å². The molecule has 0 aromatic carbocycles. The number of hydrogen-bond donors (Lipinski definition) is 1. The van der Waals surface area contributed by atoms with E-state index in [-0.39, 0.29) is 0 Å². The van der Waals surface area contributed by atoms with E-state index in [4.69, 9.17) is 0 Å². The lowest BCUT2D eigenvalue weighted by molar-refractivity contribution is 0.550. The molecule has 19 heavy (non-hydrogen) atoms. The van der Waals surface area contributed by atoms with Gasteiger partial charge in [0.25, 0.3) is 0 Å². The van der Waals surface area contributed by atoms with E-state index in [0.29, 0.717) is 12.5 Å². The highest BCUT2D eigenvalue weighted by atomic mass is 15.4. The second-order valence-corrected chi connectivity index (χ2v) is 5.24. The normalized spacial score (nSPS) is 11.4. The first-order valence-electron chi connectivity index (χ1n) is 6.62. The molecule has 104 valence electrons. The van der Waals surface area contributed by atoms with Gasteiger partial charge in [-0.2, -0.15) is 10.2 Å². The maximum atomic E-state index is 4.43. The SMILES string of the molecule is Cc1c(CNCC(C)C)cnn1Cc1ncnn1C. The zero-order valence-corrected chi connectivity index (χ0v) is 12.1. The Morgan fingerprint density at radius 3 is 2.74 bits per heavy atom. The number of aryl methyl sites for hydroxylation is 1. The molecule has 0 spiro atoms. The van der Waals surface area contributed by atoms with E-state index in [1.165, 1.54) is 11.3 Å². The molecule has 0 saturated heterocycles. The topological polar surface area (TPSA) is 60.6 Å². The number of nitrogens with one attached hydrogen (secondary N) is 1. The largest absolute Gasteiger partial charge is 0.312 e. The van der Waals surface area contributed by atoms with Crippen LogP contribution in [0.25, 0.3) is 0 Å². The molecule has 0 atom stereocenters. The summed E-state index contributed by atoms with van der Waals surface area (Å²) in [6.07, 6.45) is 3.50. The third kappa shape index (κ3) is 3.41. The van der Waals surface area contributed by atoms with Gasteiger partial charge in [-0.15, -0.1) is 0 Å². The fourth-order valence-corrected chi connectivity index (χ4v) is 1.91. The highest BCUT2D eigenvalue weighted by molar-refractivity contribution is 5.16. The Balaban J connectivity index is 2.00. The predicted octanol–water partition coefficient (Wildman–Crippen LogP) is 1.11. The maximum Gasteiger partial charge on any atom is 0.148 e.